The third kappa shape index (κ3) is 4.97. The maximum absolute atomic E-state index is 13.9. The van der Waals surface area contributed by atoms with Gasteiger partial charge in [0.25, 0.3) is 0 Å². The number of para-hydroxylation sites is 1. The molecule has 0 saturated carbocycles. The third-order valence-corrected chi connectivity index (χ3v) is 9.21. The molecule has 5 rings (SSSR count). The first kappa shape index (κ1) is 24.4. The number of carbonyl (C=O) groups is 1. The van der Waals surface area contributed by atoms with E-state index in [-0.39, 0.29) is 17.3 Å². The van der Waals surface area contributed by atoms with Gasteiger partial charge < -0.3 is 4.74 Å². The number of benzene rings is 2. The lowest BCUT2D eigenvalue weighted by atomic mass is 9.98. The normalized spacial score (nSPS) is 16.6. The Morgan fingerprint density at radius 3 is 2.67 bits per heavy atom. The van der Waals surface area contributed by atoms with Gasteiger partial charge in [-0.15, -0.1) is 0 Å². The molecule has 1 unspecified atom stereocenters. The highest BCUT2D eigenvalue weighted by atomic mass is 32.2. The molecule has 0 aliphatic carbocycles. The Hall–Kier alpha value is -3.34. The molecule has 2 aromatic heterocycles. The van der Waals surface area contributed by atoms with Crippen LogP contribution in [-0.4, -0.2) is 48.8 Å². The first-order chi connectivity index (χ1) is 17.5. The van der Waals surface area contributed by atoms with Gasteiger partial charge in [-0.3, -0.25) is 14.7 Å². The number of piperidine rings is 1. The average Bonchev–Trinajstić information content (AvgIpc) is 3.36. The molecule has 186 valence electrons. The summed E-state index contributed by atoms with van der Waals surface area (Å²) in [6.45, 7) is 0.817. The van der Waals surface area contributed by atoms with Crippen LogP contribution >= 0.6 is 11.3 Å². The van der Waals surface area contributed by atoms with E-state index in [0.717, 1.165) is 15.8 Å². The van der Waals surface area contributed by atoms with Crippen LogP contribution in [0.3, 0.4) is 0 Å². The lowest BCUT2D eigenvalue weighted by Crippen LogP contribution is -2.46. The molecule has 0 spiro atoms. The fourth-order valence-electron chi connectivity index (χ4n) is 4.37. The van der Waals surface area contributed by atoms with Crippen LogP contribution in [0.25, 0.3) is 10.2 Å². The fraction of sp³-hybridized carbons (Fsp3) is 0.269. The summed E-state index contributed by atoms with van der Waals surface area (Å²) in [6.07, 6.45) is 4.64. The molecule has 2 aromatic carbocycles. The molecule has 1 saturated heterocycles. The second kappa shape index (κ2) is 10.3. The van der Waals surface area contributed by atoms with E-state index in [9.17, 15) is 13.2 Å². The second-order valence-electron chi connectivity index (χ2n) is 8.63. The van der Waals surface area contributed by atoms with Gasteiger partial charge in [0, 0.05) is 25.5 Å². The van der Waals surface area contributed by atoms with E-state index in [1.165, 1.54) is 34.9 Å². The van der Waals surface area contributed by atoms with Crippen LogP contribution in [0.2, 0.25) is 0 Å². The fourth-order valence-corrected chi connectivity index (χ4v) is 6.86. The van der Waals surface area contributed by atoms with Crippen molar-refractivity contribution in [3.63, 3.8) is 0 Å². The van der Waals surface area contributed by atoms with E-state index < -0.39 is 15.9 Å². The van der Waals surface area contributed by atoms with E-state index in [0.29, 0.717) is 36.8 Å². The van der Waals surface area contributed by atoms with Crippen molar-refractivity contribution in [2.24, 2.45) is 5.92 Å². The maximum atomic E-state index is 13.9. The molecule has 1 aliphatic rings. The van der Waals surface area contributed by atoms with Crippen LogP contribution in [0.5, 0.6) is 5.75 Å². The molecule has 4 aromatic rings. The number of fused-ring (bicyclic) bond motifs is 1. The highest BCUT2D eigenvalue weighted by molar-refractivity contribution is 7.89. The molecule has 1 fully saturated rings. The highest BCUT2D eigenvalue weighted by Gasteiger charge is 2.36. The van der Waals surface area contributed by atoms with Crippen molar-refractivity contribution >= 4 is 42.6 Å². The van der Waals surface area contributed by atoms with Crippen LogP contribution in [0.4, 0.5) is 5.13 Å². The highest BCUT2D eigenvalue weighted by Crippen LogP contribution is 2.33. The number of hydrogen-bond donors (Lipinski definition) is 0. The van der Waals surface area contributed by atoms with Gasteiger partial charge in [-0.1, -0.05) is 29.5 Å². The van der Waals surface area contributed by atoms with Crippen molar-refractivity contribution in [1.29, 1.82) is 0 Å². The lowest BCUT2D eigenvalue weighted by Gasteiger charge is -2.33. The average molecular weight is 523 g/mol. The number of rotatable bonds is 7. The number of anilines is 1. The summed E-state index contributed by atoms with van der Waals surface area (Å²) in [5.41, 5.74) is 1.71. The summed E-state index contributed by atoms with van der Waals surface area (Å²) in [5.74, 6) is -0.0227. The molecule has 0 bridgehead atoms. The molecule has 3 heterocycles. The Morgan fingerprint density at radius 2 is 1.94 bits per heavy atom. The van der Waals surface area contributed by atoms with E-state index in [1.807, 2.05) is 36.4 Å². The van der Waals surface area contributed by atoms with Gasteiger partial charge in [0.15, 0.2) is 5.13 Å². The van der Waals surface area contributed by atoms with Gasteiger partial charge in [-0.05, 0) is 60.9 Å². The molecule has 8 nitrogen and oxygen atoms in total. The summed E-state index contributed by atoms with van der Waals surface area (Å²) in [6, 6.07) is 17.8. The largest absolute Gasteiger partial charge is 0.497 e. The summed E-state index contributed by atoms with van der Waals surface area (Å²) >= 11 is 1.45. The molecular weight excluding hydrogens is 496 g/mol. The minimum Gasteiger partial charge on any atom is -0.497 e. The Labute approximate surface area is 214 Å². The quantitative estimate of drug-likeness (QED) is 0.359. The number of pyridine rings is 1. The van der Waals surface area contributed by atoms with Crippen molar-refractivity contribution in [2.75, 3.05) is 25.1 Å². The lowest BCUT2D eigenvalue weighted by molar-refractivity contribution is -0.123. The number of hydrogen-bond acceptors (Lipinski definition) is 7. The zero-order chi connectivity index (χ0) is 25.1. The molecular formula is C26H26N4O4S2. The number of ether oxygens (including phenoxy) is 1. The topological polar surface area (TPSA) is 92.7 Å². The van der Waals surface area contributed by atoms with Gasteiger partial charge in [-0.2, -0.15) is 4.31 Å². The van der Waals surface area contributed by atoms with Crippen LogP contribution in [0.15, 0.2) is 78.0 Å². The van der Waals surface area contributed by atoms with Crippen molar-refractivity contribution in [1.82, 2.24) is 14.3 Å². The SMILES string of the molecule is COc1ccc(S(=O)(=O)N2CCCC(C(=O)N(Cc3cccnc3)c3nc4ccccc4s3)C2)cc1. The van der Waals surface area contributed by atoms with Crippen LogP contribution < -0.4 is 9.64 Å². The number of nitrogens with zero attached hydrogens (tertiary/aromatic N) is 4. The maximum Gasteiger partial charge on any atom is 0.243 e. The molecule has 1 amide bonds. The van der Waals surface area contributed by atoms with Crippen molar-refractivity contribution in [2.45, 2.75) is 24.3 Å². The Morgan fingerprint density at radius 1 is 1.14 bits per heavy atom. The van der Waals surface area contributed by atoms with Crippen molar-refractivity contribution < 1.29 is 17.9 Å². The molecule has 0 radical (unpaired) electrons. The smallest absolute Gasteiger partial charge is 0.243 e. The van der Waals surface area contributed by atoms with Crippen LogP contribution in [-0.2, 0) is 21.4 Å². The van der Waals surface area contributed by atoms with Crippen molar-refractivity contribution in [3.05, 3.63) is 78.6 Å². The number of methoxy groups -OCH3 is 1. The molecule has 1 aliphatic heterocycles. The van der Waals surface area contributed by atoms with Gasteiger partial charge in [0.2, 0.25) is 15.9 Å². The predicted octanol–water partition coefficient (Wildman–Crippen LogP) is 4.33. The van der Waals surface area contributed by atoms with E-state index in [1.54, 1.807) is 29.4 Å². The minimum absolute atomic E-state index is 0.127. The third-order valence-electron chi connectivity index (χ3n) is 6.27. The monoisotopic (exact) mass is 522 g/mol. The number of amides is 1. The summed E-state index contributed by atoms with van der Waals surface area (Å²) in [4.78, 5) is 24.7. The Balaban J connectivity index is 1.42. The molecule has 0 N–H and O–H groups in total. The molecule has 36 heavy (non-hydrogen) atoms. The van der Waals surface area contributed by atoms with Crippen LogP contribution in [0, 0.1) is 5.92 Å². The Kier molecular flexibility index (Phi) is 6.99. The summed E-state index contributed by atoms with van der Waals surface area (Å²) in [7, 11) is -2.20. The van der Waals surface area contributed by atoms with Gasteiger partial charge in [-0.25, -0.2) is 13.4 Å². The molecule has 10 heteroatoms. The second-order valence-corrected chi connectivity index (χ2v) is 11.6. The van der Waals surface area contributed by atoms with Crippen LogP contribution in [0.1, 0.15) is 18.4 Å². The zero-order valence-electron chi connectivity index (χ0n) is 19.8. The summed E-state index contributed by atoms with van der Waals surface area (Å²) < 4.78 is 34.2. The number of aromatic nitrogens is 2. The minimum atomic E-state index is -3.74. The summed E-state index contributed by atoms with van der Waals surface area (Å²) in [5, 5.41) is 0.597. The number of sulfonamides is 1. The van der Waals surface area contributed by atoms with E-state index in [2.05, 4.69) is 4.98 Å². The van der Waals surface area contributed by atoms with E-state index in [4.69, 9.17) is 9.72 Å². The van der Waals surface area contributed by atoms with Gasteiger partial charge >= 0.3 is 0 Å². The first-order valence-electron chi connectivity index (χ1n) is 11.7. The van der Waals surface area contributed by atoms with Gasteiger partial charge in [0.1, 0.15) is 5.75 Å². The van der Waals surface area contributed by atoms with Crippen molar-refractivity contribution in [3.8, 4) is 5.75 Å². The number of thiazole rings is 1. The zero-order valence-corrected chi connectivity index (χ0v) is 21.4. The molecule has 1 atom stereocenters. The van der Waals surface area contributed by atoms with E-state index >= 15 is 0 Å². The standard InChI is InChI=1S/C26H26N4O4S2/c1-34-21-10-12-22(13-11-21)36(32,33)29-15-5-7-20(18-29)25(31)30(17-19-6-4-14-27-16-19)26-28-23-8-2-3-9-24(23)35-26/h2-4,6,8-14,16,20H,5,7,15,17-18H2,1H3. The Bertz CT molecular complexity index is 1420. The van der Waals surface area contributed by atoms with Gasteiger partial charge in [0.05, 0.1) is 34.7 Å². The predicted molar refractivity (Wildman–Crippen MR) is 140 cm³/mol. The first-order valence-corrected chi connectivity index (χ1v) is 13.9. The number of carbonyl (C=O) groups excluding carboxylic acids is 1.